The van der Waals surface area contributed by atoms with Crippen LogP contribution in [-0.4, -0.2) is 23.7 Å². The smallest absolute Gasteiger partial charge is 0.273 e. The monoisotopic (exact) mass is 332 g/mol. The van der Waals surface area contributed by atoms with Crippen LogP contribution in [0.4, 0.5) is 11.4 Å². The highest BCUT2D eigenvalue weighted by Crippen LogP contribution is 2.29. The van der Waals surface area contributed by atoms with E-state index in [0.29, 0.717) is 5.69 Å². The van der Waals surface area contributed by atoms with Gasteiger partial charge in [0.15, 0.2) is 0 Å². The Morgan fingerprint density at radius 2 is 2.00 bits per heavy atom. The molecule has 0 radical (unpaired) electrons. The van der Waals surface area contributed by atoms with Gasteiger partial charge in [-0.1, -0.05) is 30.3 Å². The van der Waals surface area contributed by atoms with Crippen LogP contribution in [0.15, 0.2) is 48.5 Å². The third kappa shape index (κ3) is 5.00. The number of rotatable bonds is 7. The molecule has 120 valence electrons. The first-order valence-corrected chi connectivity index (χ1v) is 7.99. The molecule has 2 rings (SSSR count). The first kappa shape index (κ1) is 16.8. The number of hydrogen-bond donors (Lipinski definition) is 1. The summed E-state index contributed by atoms with van der Waals surface area (Å²) in [4.78, 5) is 22.2. The van der Waals surface area contributed by atoms with Gasteiger partial charge in [0.2, 0.25) is 5.91 Å². The van der Waals surface area contributed by atoms with E-state index >= 15 is 0 Å². The summed E-state index contributed by atoms with van der Waals surface area (Å²) in [7, 11) is 1.40. The molecule has 0 aromatic heterocycles. The lowest BCUT2D eigenvalue weighted by molar-refractivity contribution is -0.384. The van der Waals surface area contributed by atoms with E-state index < -0.39 is 4.92 Å². The van der Waals surface area contributed by atoms with Gasteiger partial charge in [-0.25, -0.2) is 0 Å². The van der Waals surface area contributed by atoms with E-state index in [-0.39, 0.29) is 23.1 Å². The molecule has 0 bridgehead atoms. The van der Waals surface area contributed by atoms with Gasteiger partial charge >= 0.3 is 0 Å². The minimum atomic E-state index is -0.510. The van der Waals surface area contributed by atoms with Crippen molar-refractivity contribution in [3.63, 3.8) is 0 Å². The van der Waals surface area contributed by atoms with Gasteiger partial charge in [-0.15, -0.1) is 11.8 Å². The van der Waals surface area contributed by atoms with Gasteiger partial charge in [-0.05, 0) is 11.6 Å². The SMILES string of the molecule is COc1cc([N+](=O)[O-])ccc1NC(=O)CSCc1ccccc1. The third-order valence-corrected chi connectivity index (χ3v) is 4.02. The molecule has 23 heavy (non-hydrogen) atoms. The third-order valence-electron chi connectivity index (χ3n) is 3.01. The van der Waals surface area contributed by atoms with Crippen LogP contribution in [-0.2, 0) is 10.5 Å². The Labute approximate surface area is 138 Å². The molecule has 6 nitrogen and oxygen atoms in total. The van der Waals surface area contributed by atoms with Crippen molar-refractivity contribution in [1.29, 1.82) is 0 Å². The second-order valence-electron chi connectivity index (χ2n) is 4.67. The van der Waals surface area contributed by atoms with Crippen molar-refractivity contribution in [1.82, 2.24) is 0 Å². The number of anilines is 1. The van der Waals surface area contributed by atoms with Gasteiger partial charge in [0.1, 0.15) is 5.75 Å². The van der Waals surface area contributed by atoms with Gasteiger partial charge in [-0.2, -0.15) is 0 Å². The minimum absolute atomic E-state index is 0.0849. The highest BCUT2D eigenvalue weighted by molar-refractivity contribution is 7.99. The highest BCUT2D eigenvalue weighted by Gasteiger charge is 2.13. The fraction of sp³-hybridized carbons (Fsp3) is 0.188. The zero-order chi connectivity index (χ0) is 16.7. The summed E-state index contributed by atoms with van der Waals surface area (Å²) in [6, 6.07) is 13.9. The highest BCUT2D eigenvalue weighted by atomic mass is 32.2. The van der Waals surface area contributed by atoms with Crippen LogP contribution in [0.1, 0.15) is 5.56 Å². The maximum atomic E-state index is 12.0. The molecule has 7 heteroatoms. The summed E-state index contributed by atoms with van der Waals surface area (Å²) < 4.78 is 5.08. The Morgan fingerprint density at radius 1 is 1.26 bits per heavy atom. The molecular formula is C16H16N2O4S. The van der Waals surface area contributed by atoms with E-state index in [1.807, 2.05) is 30.3 Å². The van der Waals surface area contributed by atoms with Crippen LogP contribution in [0.5, 0.6) is 5.75 Å². The van der Waals surface area contributed by atoms with Crippen LogP contribution < -0.4 is 10.1 Å². The molecule has 2 aromatic carbocycles. The molecule has 0 saturated heterocycles. The molecule has 0 aliphatic heterocycles. The lowest BCUT2D eigenvalue weighted by atomic mass is 10.2. The Hall–Kier alpha value is -2.54. The van der Waals surface area contributed by atoms with Crippen LogP contribution in [0.2, 0.25) is 0 Å². The molecule has 0 atom stereocenters. The normalized spacial score (nSPS) is 10.1. The summed E-state index contributed by atoms with van der Waals surface area (Å²) in [5.74, 6) is 1.11. The van der Waals surface area contributed by atoms with Crippen LogP contribution >= 0.6 is 11.8 Å². The number of benzene rings is 2. The van der Waals surface area contributed by atoms with Crippen LogP contribution in [0, 0.1) is 10.1 Å². The number of amides is 1. The molecule has 1 N–H and O–H groups in total. The van der Waals surface area contributed by atoms with Crippen molar-refractivity contribution in [2.24, 2.45) is 0 Å². The van der Waals surface area contributed by atoms with E-state index in [9.17, 15) is 14.9 Å². The first-order valence-electron chi connectivity index (χ1n) is 6.84. The fourth-order valence-electron chi connectivity index (χ4n) is 1.92. The summed E-state index contributed by atoms with van der Waals surface area (Å²) >= 11 is 1.49. The molecule has 0 saturated carbocycles. The molecule has 0 unspecified atom stereocenters. The van der Waals surface area contributed by atoms with Gasteiger partial charge in [0.25, 0.3) is 5.69 Å². The number of ether oxygens (including phenoxy) is 1. The van der Waals surface area contributed by atoms with Crippen LogP contribution in [0.3, 0.4) is 0 Å². The van der Waals surface area contributed by atoms with Gasteiger partial charge < -0.3 is 10.1 Å². The molecule has 0 spiro atoms. The number of non-ortho nitro benzene ring substituents is 1. The molecule has 2 aromatic rings. The lowest BCUT2D eigenvalue weighted by Gasteiger charge is -2.10. The van der Waals surface area contributed by atoms with E-state index in [4.69, 9.17) is 4.74 Å². The zero-order valence-corrected chi connectivity index (χ0v) is 13.3. The predicted molar refractivity (Wildman–Crippen MR) is 90.9 cm³/mol. The van der Waals surface area contributed by atoms with Crippen molar-refractivity contribution in [3.05, 3.63) is 64.2 Å². The number of methoxy groups -OCH3 is 1. The van der Waals surface area contributed by atoms with E-state index in [0.717, 1.165) is 11.3 Å². The maximum Gasteiger partial charge on any atom is 0.273 e. The quantitative estimate of drug-likeness (QED) is 0.620. The standard InChI is InChI=1S/C16H16N2O4S/c1-22-15-9-13(18(20)21)7-8-14(15)17-16(19)11-23-10-12-5-3-2-4-6-12/h2-9H,10-11H2,1H3,(H,17,19). The van der Waals surface area contributed by atoms with Crippen LogP contribution in [0.25, 0.3) is 0 Å². The number of thioether (sulfide) groups is 1. The molecule has 0 fully saturated rings. The molecule has 0 aliphatic carbocycles. The van der Waals surface area contributed by atoms with E-state index in [1.54, 1.807) is 0 Å². The van der Waals surface area contributed by atoms with Crippen molar-refractivity contribution in [3.8, 4) is 5.75 Å². The lowest BCUT2D eigenvalue weighted by Crippen LogP contribution is -2.15. The van der Waals surface area contributed by atoms with Crippen molar-refractivity contribution < 1.29 is 14.5 Å². The average molecular weight is 332 g/mol. The zero-order valence-electron chi connectivity index (χ0n) is 12.5. The van der Waals surface area contributed by atoms with E-state index in [1.165, 1.54) is 37.1 Å². The maximum absolute atomic E-state index is 12.0. The Kier molecular flexibility index (Phi) is 5.99. The average Bonchev–Trinajstić information content (AvgIpc) is 2.56. The Balaban J connectivity index is 1.91. The number of nitrogens with zero attached hydrogens (tertiary/aromatic N) is 1. The molecule has 1 amide bonds. The number of nitro groups is 1. The number of nitro benzene ring substituents is 1. The predicted octanol–water partition coefficient (Wildman–Crippen LogP) is 3.48. The largest absolute Gasteiger partial charge is 0.494 e. The summed E-state index contributed by atoms with van der Waals surface area (Å²) in [6.45, 7) is 0. The summed E-state index contributed by atoms with van der Waals surface area (Å²) in [6.07, 6.45) is 0. The van der Waals surface area contributed by atoms with Gasteiger partial charge in [-0.3, -0.25) is 14.9 Å². The second-order valence-corrected chi connectivity index (χ2v) is 5.65. The van der Waals surface area contributed by atoms with Crippen molar-refractivity contribution >= 4 is 29.0 Å². The Bertz CT molecular complexity index is 692. The topological polar surface area (TPSA) is 81.5 Å². The number of hydrogen-bond acceptors (Lipinski definition) is 5. The minimum Gasteiger partial charge on any atom is -0.494 e. The van der Waals surface area contributed by atoms with Crippen molar-refractivity contribution in [2.45, 2.75) is 5.75 Å². The molecular weight excluding hydrogens is 316 g/mol. The molecule has 0 heterocycles. The van der Waals surface area contributed by atoms with Gasteiger partial charge in [0.05, 0.1) is 29.5 Å². The molecule has 0 aliphatic rings. The van der Waals surface area contributed by atoms with Gasteiger partial charge in [0, 0.05) is 11.8 Å². The number of carbonyl (C=O) groups is 1. The van der Waals surface area contributed by atoms with Crippen molar-refractivity contribution in [2.75, 3.05) is 18.2 Å². The first-order chi connectivity index (χ1) is 11.1. The summed E-state index contributed by atoms with van der Waals surface area (Å²) in [5.41, 5.74) is 1.49. The number of carbonyl (C=O) groups excluding carboxylic acids is 1. The Morgan fingerprint density at radius 3 is 2.65 bits per heavy atom. The number of nitrogens with one attached hydrogen (secondary N) is 1. The van der Waals surface area contributed by atoms with E-state index in [2.05, 4.69) is 5.32 Å². The fourth-order valence-corrected chi connectivity index (χ4v) is 2.71. The summed E-state index contributed by atoms with van der Waals surface area (Å²) in [5, 5.41) is 13.4. The second kappa shape index (κ2) is 8.19.